The van der Waals surface area contributed by atoms with Crippen molar-refractivity contribution in [2.75, 3.05) is 0 Å². The maximum absolute atomic E-state index is 12.7. The fraction of sp³-hybridized carbons (Fsp3) is 0.111. The van der Waals surface area contributed by atoms with Crippen LogP contribution in [0.15, 0.2) is 53.6 Å². The molecule has 2 N–H and O–H groups in total. The molecule has 0 unspecified atom stereocenters. The number of aromatic amines is 1. The highest BCUT2D eigenvalue weighted by atomic mass is 35.5. The number of aromatic nitrogens is 3. The van der Waals surface area contributed by atoms with Crippen LogP contribution in [0.1, 0.15) is 5.56 Å². The van der Waals surface area contributed by atoms with E-state index in [4.69, 9.17) is 11.6 Å². The minimum absolute atomic E-state index is 0.105. The van der Waals surface area contributed by atoms with Crippen molar-refractivity contribution in [3.05, 3.63) is 69.7 Å². The standard InChI is InChI=1S/C18H14ClN3O2/c19-12-3-6-15-14(9-12)16-17(21-15)18(24)22(10-20-16)8-7-11-1-4-13(23)5-2-11/h1-6,9-10,21,23H,7-8H2. The average molecular weight is 340 g/mol. The zero-order chi connectivity index (χ0) is 16.7. The van der Waals surface area contributed by atoms with Crippen LogP contribution in [-0.4, -0.2) is 19.6 Å². The lowest BCUT2D eigenvalue weighted by Gasteiger charge is -2.05. The number of fused-ring (bicyclic) bond motifs is 3. The molecule has 2 heterocycles. The number of nitrogens with zero attached hydrogens (tertiary/aromatic N) is 2. The second-order valence-corrected chi connectivity index (χ2v) is 6.13. The first-order chi connectivity index (χ1) is 11.6. The summed E-state index contributed by atoms with van der Waals surface area (Å²) >= 11 is 6.03. The molecule has 0 aliphatic rings. The van der Waals surface area contributed by atoms with Crippen molar-refractivity contribution in [3.63, 3.8) is 0 Å². The van der Waals surface area contributed by atoms with Crippen LogP contribution in [0.4, 0.5) is 0 Å². The van der Waals surface area contributed by atoms with Gasteiger partial charge in [0.1, 0.15) is 16.8 Å². The van der Waals surface area contributed by atoms with Gasteiger partial charge in [-0.2, -0.15) is 0 Å². The number of aromatic hydroxyl groups is 1. The first-order valence-corrected chi connectivity index (χ1v) is 7.94. The van der Waals surface area contributed by atoms with Gasteiger partial charge >= 0.3 is 0 Å². The molecule has 4 aromatic rings. The number of aryl methyl sites for hydroxylation is 2. The Balaban J connectivity index is 1.71. The smallest absolute Gasteiger partial charge is 0.277 e. The summed E-state index contributed by atoms with van der Waals surface area (Å²) in [4.78, 5) is 20.2. The fourth-order valence-electron chi connectivity index (χ4n) is 2.83. The molecule has 0 bridgehead atoms. The van der Waals surface area contributed by atoms with E-state index in [0.29, 0.717) is 29.0 Å². The summed E-state index contributed by atoms with van der Waals surface area (Å²) in [6.07, 6.45) is 2.25. The molecule has 2 aromatic carbocycles. The van der Waals surface area contributed by atoms with Gasteiger partial charge in [-0.25, -0.2) is 4.98 Å². The Labute approximate surface area is 142 Å². The largest absolute Gasteiger partial charge is 0.508 e. The van der Waals surface area contributed by atoms with E-state index in [1.165, 1.54) is 0 Å². The molecule has 0 saturated carbocycles. The van der Waals surface area contributed by atoms with Gasteiger partial charge in [-0.3, -0.25) is 9.36 Å². The van der Waals surface area contributed by atoms with Gasteiger partial charge in [0.25, 0.3) is 5.56 Å². The molecule has 0 radical (unpaired) electrons. The SMILES string of the molecule is O=c1c2[nH]c3ccc(Cl)cc3c2ncn1CCc1ccc(O)cc1. The average Bonchev–Trinajstić information content (AvgIpc) is 2.95. The molecule has 0 fully saturated rings. The van der Waals surface area contributed by atoms with Crippen LogP contribution in [0, 0.1) is 0 Å². The number of nitrogens with one attached hydrogen (secondary N) is 1. The van der Waals surface area contributed by atoms with Gasteiger partial charge in [0, 0.05) is 22.5 Å². The number of halogens is 1. The Morgan fingerprint density at radius 1 is 1.17 bits per heavy atom. The molecule has 0 aliphatic carbocycles. The second-order valence-electron chi connectivity index (χ2n) is 5.70. The Bertz CT molecular complexity index is 1100. The summed E-state index contributed by atoms with van der Waals surface area (Å²) in [6.45, 7) is 0.517. The van der Waals surface area contributed by atoms with Gasteiger partial charge in [0.15, 0.2) is 0 Å². The minimum atomic E-state index is -0.105. The van der Waals surface area contributed by atoms with Crippen LogP contribution >= 0.6 is 11.6 Å². The van der Waals surface area contributed by atoms with E-state index in [0.717, 1.165) is 16.5 Å². The summed E-state index contributed by atoms with van der Waals surface area (Å²) in [5.74, 6) is 0.232. The normalized spacial score (nSPS) is 11.4. The maximum atomic E-state index is 12.7. The Hall–Kier alpha value is -2.79. The van der Waals surface area contributed by atoms with Crippen molar-refractivity contribution in [2.24, 2.45) is 0 Å². The van der Waals surface area contributed by atoms with Crippen LogP contribution < -0.4 is 5.56 Å². The van der Waals surface area contributed by atoms with Gasteiger partial charge in [0.2, 0.25) is 0 Å². The van der Waals surface area contributed by atoms with E-state index in [1.54, 1.807) is 29.1 Å². The molecule has 4 rings (SSSR count). The van der Waals surface area contributed by atoms with E-state index < -0.39 is 0 Å². The van der Waals surface area contributed by atoms with Gasteiger partial charge in [-0.1, -0.05) is 23.7 Å². The highest BCUT2D eigenvalue weighted by Crippen LogP contribution is 2.24. The van der Waals surface area contributed by atoms with Crippen LogP contribution in [0.5, 0.6) is 5.75 Å². The van der Waals surface area contributed by atoms with Crippen molar-refractivity contribution < 1.29 is 5.11 Å². The number of hydrogen-bond donors (Lipinski definition) is 2. The number of phenolic OH excluding ortho intramolecular Hbond substituents is 1. The summed E-state index contributed by atoms with van der Waals surface area (Å²) < 4.78 is 1.59. The molecule has 0 atom stereocenters. The molecule has 0 saturated heterocycles. The lowest BCUT2D eigenvalue weighted by atomic mass is 10.1. The molecular formula is C18H14ClN3O2. The molecule has 2 aromatic heterocycles. The zero-order valence-electron chi connectivity index (χ0n) is 12.7. The maximum Gasteiger partial charge on any atom is 0.277 e. The predicted octanol–water partition coefficient (Wildman–Crippen LogP) is 3.48. The second kappa shape index (κ2) is 5.69. The Morgan fingerprint density at radius 2 is 1.96 bits per heavy atom. The Morgan fingerprint density at radius 3 is 2.75 bits per heavy atom. The van der Waals surface area contributed by atoms with E-state index in [1.807, 2.05) is 24.3 Å². The van der Waals surface area contributed by atoms with Crippen molar-refractivity contribution >= 4 is 33.5 Å². The monoisotopic (exact) mass is 339 g/mol. The van der Waals surface area contributed by atoms with Gasteiger partial charge in [0.05, 0.1) is 6.33 Å². The van der Waals surface area contributed by atoms with Crippen molar-refractivity contribution in [1.82, 2.24) is 14.5 Å². The zero-order valence-corrected chi connectivity index (χ0v) is 13.4. The van der Waals surface area contributed by atoms with E-state index in [2.05, 4.69) is 9.97 Å². The molecular weight excluding hydrogens is 326 g/mol. The van der Waals surface area contributed by atoms with Crippen molar-refractivity contribution in [1.29, 1.82) is 0 Å². The lowest BCUT2D eigenvalue weighted by molar-refractivity contribution is 0.475. The number of phenols is 1. The fourth-order valence-corrected chi connectivity index (χ4v) is 3.01. The number of H-pyrrole nitrogens is 1. The van der Waals surface area contributed by atoms with Gasteiger partial charge in [-0.15, -0.1) is 0 Å². The van der Waals surface area contributed by atoms with E-state index in [-0.39, 0.29) is 11.3 Å². The van der Waals surface area contributed by atoms with Crippen LogP contribution in [0.2, 0.25) is 5.02 Å². The van der Waals surface area contributed by atoms with E-state index >= 15 is 0 Å². The molecule has 120 valence electrons. The topological polar surface area (TPSA) is 70.9 Å². The number of hydrogen-bond acceptors (Lipinski definition) is 3. The highest BCUT2D eigenvalue weighted by molar-refractivity contribution is 6.31. The molecule has 0 spiro atoms. The molecule has 0 amide bonds. The Kier molecular flexibility index (Phi) is 3.50. The predicted molar refractivity (Wildman–Crippen MR) is 94.7 cm³/mol. The van der Waals surface area contributed by atoms with E-state index in [9.17, 15) is 9.90 Å². The minimum Gasteiger partial charge on any atom is -0.508 e. The number of benzene rings is 2. The van der Waals surface area contributed by atoms with Crippen LogP contribution in [0.3, 0.4) is 0 Å². The summed E-state index contributed by atoms with van der Waals surface area (Å²) in [5.41, 5.74) is 2.91. The first kappa shape index (κ1) is 14.8. The third-order valence-corrected chi connectivity index (χ3v) is 4.35. The summed E-state index contributed by atoms with van der Waals surface area (Å²) in [6, 6.07) is 12.4. The van der Waals surface area contributed by atoms with Crippen LogP contribution in [-0.2, 0) is 13.0 Å². The molecule has 24 heavy (non-hydrogen) atoms. The number of rotatable bonds is 3. The third kappa shape index (κ3) is 2.53. The summed E-state index contributed by atoms with van der Waals surface area (Å²) in [5, 5.41) is 10.8. The molecule has 0 aliphatic heterocycles. The molecule has 5 nitrogen and oxygen atoms in total. The lowest BCUT2D eigenvalue weighted by Crippen LogP contribution is -2.21. The van der Waals surface area contributed by atoms with Gasteiger partial charge in [-0.05, 0) is 42.3 Å². The first-order valence-electron chi connectivity index (χ1n) is 7.56. The van der Waals surface area contributed by atoms with Gasteiger partial charge < -0.3 is 10.1 Å². The van der Waals surface area contributed by atoms with Crippen LogP contribution in [0.25, 0.3) is 21.9 Å². The highest BCUT2D eigenvalue weighted by Gasteiger charge is 2.11. The quantitative estimate of drug-likeness (QED) is 0.600. The van der Waals surface area contributed by atoms with Crippen molar-refractivity contribution in [3.8, 4) is 5.75 Å². The molecule has 6 heteroatoms. The van der Waals surface area contributed by atoms with Crippen molar-refractivity contribution in [2.45, 2.75) is 13.0 Å². The summed E-state index contributed by atoms with van der Waals surface area (Å²) in [7, 11) is 0. The third-order valence-electron chi connectivity index (χ3n) is 4.11.